The zero-order chi connectivity index (χ0) is 18.4. The first-order valence-corrected chi connectivity index (χ1v) is 8.62. The Hall–Kier alpha value is -2.77. The second kappa shape index (κ2) is 8.55. The standard InChI is InChI=1S/C19H23N5O2/c1-13(2)26-16-7-5-15(6-8-16)17-10-18(23-22-17)19(25)24-21-12-14-4-3-9-20-11-14/h3-9,11-13,17-18,22-23H,10H2,1-2H3,(H,24,25)/b21-12-. The first-order valence-electron chi connectivity index (χ1n) is 8.62. The predicted octanol–water partition coefficient (Wildman–Crippen LogP) is 1.93. The van der Waals surface area contributed by atoms with Crippen molar-refractivity contribution >= 4 is 12.1 Å². The summed E-state index contributed by atoms with van der Waals surface area (Å²) in [5.74, 6) is 0.661. The van der Waals surface area contributed by atoms with Gasteiger partial charge in [-0.2, -0.15) is 5.10 Å². The highest BCUT2D eigenvalue weighted by Gasteiger charge is 2.30. The predicted molar refractivity (Wildman–Crippen MR) is 99.6 cm³/mol. The number of rotatable bonds is 6. The fourth-order valence-corrected chi connectivity index (χ4v) is 2.70. The van der Waals surface area contributed by atoms with Crippen molar-refractivity contribution in [1.29, 1.82) is 0 Å². The second-order valence-electron chi connectivity index (χ2n) is 6.39. The third kappa shape index (κ3) is 4.87. The fraction of sp³-hybridized carbons (Fsp3) is 0.316. The van der Waals surface area contributed by atoms with Crippen molar-refractivity contribution in [2.75, 3.05) is 0 Å². The molecule has 0 bridgehead atoms. The summed E-state index contributed by atoms with van der Waals surface area (Å²) in [6.07, 6.45) is 5.71. The van der Waals surface area contributed by atoms with E-state index in [1.807, 2.05) is 50.2 Å². The van der Waals surface area contributed by atoms with Crippen molar-refractivity contribution < 1.29 is 9.53 Å². The molecule has 26 heavy (non-hydrogen) atoms. The first-order chi connectivity index (χ1) is 12.6. The van der Waals surface area contributed by atoms with E-state index >= 15 is 0 Å². The number of carbonyl (C=O) groups is 1. The molecular formula is C19H23N5O2. The van der Waals surface area contributed by atoms with Gasteiger partial charge < -0.3 is 4.74 Å². The number of amides is 1. The van der Waals surface area contributed by atoms with Crippen LogP contribution in [0.5, 0.6) is 5.75 Å². The Morgan fingerprint density at radius 1 is 1.31 bits per heavy atom. The minimum absolute atomic E-state index is 0.0566. The minimum Gasteiger partial charge on any atom is -0.491 e. The van der Waals surface area contributed by atoms with Crippen molar-refractivity contribution in [2.24, 2.45) is 5.10 Å². The summed E-state index contributed by atoms with van der Waals surface area (Å²) in [5.41, 5.74) is 10.7. The molecule has 1 saturated heterocycles. The monoisotopic (exact) mass is 353 g/mol. The summed E-state index contributed by atoms with van der Waals surface area (Å²) in [6.45, 7) is 3.99. The Bertz CT molecular complexity index is 746. The van der Waals surface area contributed by atoms with Crippen LogP contribution in [-0.2, 0) is 4.79 Å². The summed E-state index contributed by atoms with van der Waals surface area (Å²) in [7, 11) is 0. The third-order valence-corrected chi connectivity index (χ3v) is 3.95. The first kappa shape index (κ1) is 18.0. The van der Waals surface area contributed by atoms with Crippen LogP contribution in [-0.4, -0.2) is 29.3 Å². The summed E-state index contributed by atoms with van der Waals surface area (Å²) in [5, 5.41) is 3.97. The molecule has 1 aromatic carbocycles. The van der Waals surface area contributed by atoms with E-state index in [9.17, 15) is 4.79 Å². The van der Waals surface area contributed by atoms with E-state index in [2.05, 4.69) is 26.4 Å². The van der Waals surface area contributed by atoms with Crippen LogP contribution in [0, 0.1) is 0 Å². The van der Waals surface area contributed by atoms with Crippen LogP contribution in [0.2, 0.25) is 0 Å². The molecule has 1 aromatic heterocycles. The van der Waals surface area contributed by atoms with Crippen molar-refractivity contribution in [3.05, 3.63) is 59.9 Å². The number of carbonyl (C=O) groups excluding carboxylic acids is 1. The maximum Gasteiger partial charge on any atom is 0.258 e. The van der Waals surface area contributed by atoms with E-state index in [1.165, 1.54) is 0 Å². The maximum absolute atomic E-state index is 12.2. The zero-order valence-electron chi connectivity index (χ0n) is 14.8. The lowest BCUT2D eigenvalue weighted by Gasteiger charge is -2.13. The molecule has 1 amide bonds. The zero-order valence-corrected chi connectivity index (χ0v) is 14.8. The van der Waals surface area contributed by atoms with Crippen LogP contribution in [0.25, 0.3) is 0 Å². The van der Waals surface area contributed by atoms with E-state index in [-0.39, 0.29) is 24.1 Å². The Kier molecular flexibility index (Phi) is 5.93. The molecule has 2 unspecified atom stereocenters. The molecule has 0 aliphatic carbocycles. The molecule has 7 nitrogen and oxygen atoms in total. The van der Waals surface area contributed by atoms with Crippen LogP contribution in [0.3, 0.4) is 0 Å². The number of nitrogens with one attached hydrogen (secondary N) is 3. The molecule has 7 heteroatoms. The maximum atomic E-state index is 12.2. The largest absolute Gasteiger partial charge is 0.491 e. The van der Waals surface area contributed by atoms with Gasteiger partial charge in [0, 0.05) is 24.0 Å². The van der Waals surface area contributed by atoms with Crippen molar-refractivity contribution in [3.8, 4) is 5.75 Å². The highest BCUT2D eigenvalue weighted by molar-refractivity contribution is 5.84. The SMILES string of the molecule is CC(C)Oc1ccc(C2CC(C(=O)N/N=C\c3cccnc3)NN2)cc1. The van der Waals surface area contributed by atoms with Crippen LogP contribution in [0.15, 0.2) is 53.9 Å². The van der Waals surface area contributed by atoms with Crippen LogP contribution < -0.4 is 21.0 Å². The summed E-state index contributed by atoms with van der Waals surface area (Å²) in [6, 6.07) is 11.3. The molecule has 0 radical (unpaired) electrons. The number of ether oxygens (including phenoxy) is 1. The lowest BCUT2D eigenvalue weighted by Crippen LogP contribution is -2.41. The summed E-state index contributed by atoms with van der Waals surface area (Å²) < 4.78 is 5.65. The van der Waals surface area contributed by atoms with E-state index in [4.69, 9.17) is 4.74 Å². The second-order valence-corrected chi connectivity index (χ2v) is 6.39. The topological polar surface area (TPSA) is 87.6 Å². The van der Waals surface area contributed by atoms with Gasteiger partial charge in [-0.3, -0.25) is 9.78 Å². The average Bonchev–Trinajstić information content (AvgIpc) is 3.13. The Balaban J connectivity index is 1.51. The van der Waals surface area contributed by atoms with Gasteiger partial charge in [0.25, 0.3) is 5.91 Å². The van der Waals surface area contributed by atoms with Gasteiger partial charge in [0.2, 0.25) is 0 Å². The number of benzene rings is 1. The smallest absolute Gasteiger partial charge is 0.258 e. The minimum atomic E-state index is -0.349. The van der Waals surface area contributed by atoms with Gasteiger partial charge in [-0.15, -0.1) is 0 Å². The highest BCUT2D eigenvalue weighted by Crippen LogP contribution is 2.24. The number of hydrogen-bond donors (Lipinski definition) is 3. The Morgan fingerprint density at radius 2 is 2.12 bits per heavy atom. The molecule has 1 aliphatic rings. The number of hydrazone groups is 1. The summed E-state index contributed by atoms with van der Waals surface area (Å²) in [4.78, 5) is 16.2. The van der Waals surface area contributed by atoms with Gasteiger partial charge in [0.05, 0.1) is 12.3 Å². The molecule has 0 saturated carbocycles. The third-order valence-electron chi connectivity index (χ3n) is 3.95. The van der Waals surface area contributed by atoms with E-state index < -0.39 is 0 Å². The molecule has 2 aromatic rings. The van der Waals surface area contributed by atoms with Gasteiger partial charge >= 0.3 is 0 Å². The van der Waals surface area contributed by atoms with Gasteiger partial charge in [0.1, 0.15) is 11.8 Å². The molecule has 3 rings (SSSR count). The number of hydrazine groups is 1. The van der Waals surface area contributed by atoms with Crippen LogP contribution >= 0.6 is 0 Å². The number of nitrogens with zero attached hydrogens (tertiary/aromatic N) is 2. The van der Waals surface area contributed by atoms with E-state index in [0.29, 0.717) is 6.42 Å². The molecule has 1 aliphatic heterocycles. The molecule has 0 spiro atoms. The summed E-state index contributed by atoms with van der Waals surface area (Å²) >= 11 is 0. The van der Waals surface area contributed by atoms with Gasteiger partial charge in [-0.25, -0.2) is 16.3 Å². The molecular weight excluding hydrogens is 330 g/mol. The lowest BCUT2D eigenvalue weighted by molar-refractivity contribution is -0.122. The molecule has 136 valence electrons. The van der Waals surface area contributed by atoms with Crippen molar-refractivity contribution in [3.63, 3.8) is 0 Å². The van der Waals surface area contributed by atoms with Crippen LogP contribution in [0.4, 0.5) is 0 Å². The Morgan fingerprint density at radius 3 is 2.81 bits per heavy atom. The molecule has 2 atom stereocenters. The van der Waals surface area contributed by atoms with Gasteiger partial charge in [0.15, 0.2) is 0 Å². The molecule has 1 fully saturated rings. The molecule has 2 heterocycles. The number of pyridine rings is 1. The number of hydrogen-bond acceptors (Lipinski definition) is 6. The van der Waals surface area contributed by atoms with Gasteiger partial charge in [-0.05, 0) is 44.0 Å². The molecule has 3 N–H and O–H groups in total. The van der Waals surface area contributed by atoms with E-state index in [0.717, 1.165) is 16.9 Å². The van der Waals surface area contributed by atoms with E-state index in [1.54, 1.807) is 18.6 Å². The fourth-order valence-electron chi connectivity index (χ4n) is 2.70. The Labute approximate surface area is 152 Å². The normalized spacial score (nSPS) is 19.8. The number of aromatic nitrogens is 1. The lowest BCUT2D eigenvalue weighted by atomic mass is 10.0. The van der Waals surface area contributed by atoms with Crippen LogP contribution in [0.1, 0.15) is 37.4 Å². The quantitative estimate of drug-likeness (QED) is 0.546. The average molecular weight is 353 g/mol. The highest BCUT2D eigenvalue weighted by atomic mass is 16.5. The van der Waals surface area contributed by atoms with Crippen molar-refractivity contribution in [2.45, 2.75) is 38.5 Å². The van der Waals surface area contributed by atoms with Gasteiger partial charge in [-0.1, -0.05) is 18.2 Å². The van der Waals surface area contributed by atoms with Crippen molar-refractivity contribution in [1.82, 2.24) is 21.3 Å².